The molecule has 0 saturated heterocycles. The molecule has 66 heavy (non-hydrogen) atoms. The number of nitrogens with zero attached hydrogens (tertiary/aromatic N) is 4. The summed E-state index contributed by atoms with van der Waals surface area (Å²) in [4.78, 5) is 33.9. The van der Waals surface area contributed by atoms with Crippen LogP contribution in [-0.4, -0.2) is 57.0 Å². The molecule has 4 aromatic heterocycles. The molecule has 2 saturated carbocycles. The van der Waals surface area contributed by atoms with Gasteiger partial charge >= 0.3 is 11.9 Å². The topological polar surface area (TPSA) is 118 Å². The Morgan fingerprint density at radius 2 is 1.06 bits per heavy atom. The van der Waals surface area contributed by atoms with E-state index in [1.54, 1.807) is 14.2 Å². The van der Waals surface area contributed by atoms with Crippen LogP contribution in [0.4, 0.5) is 0 Å². The Hall–Kier alpha value is -7.20. The quantitative estimate of drug-likeness (QED) is 0.0710. The third kappa shape index (κ3) is 10.5. The van der Waals surface area contributed by atoms with Gasteiger partial charge in [-0.3, -0.25) is 9.97 Å². The Balaban J connectivity index is 0.000000167. The van der Waals surface area contributed by atoms with Crippen LogP contribution < -0.4 is 9.47 Å². The maximum Gasteiger partial charge on any atom is 0.340 e. The van der Waals surface area contributed by atoms with Crippen molar-refractivity contribution in [2.24, 2.45) is 0 Å². The van der Waals surface area contributed by atoms with E-state index in [0.29, 0.717) is 48.1 Å². The van der Waals surface area contributed by atoms with Crippen LogP contribution in [0.5, 0.6) is 11.5 Å². The molecule has 4 aromatic carbocycles. The van der Waals surface area contributed by atoms with Gasteiger partial charge in [-0.2, -0.15) is 0 Å². The van der Waals surface area contributed by atoms with Gasteiger partial charge < -0.3 is 28.5 Å². The number of benzene rings is 4. The summed E-state index contributed by atoms with van der Waals surface area (Å²) in [7, 11) is 3.35. The van der Waals surface area contributed by atoms with E-state index in [0.717, 1.165) is 89.1 Å². The van der Waals surface area contributed by atoms with Crippen molar-refractivity contribution in [2.45, 2.75) is 83.2 Å². The third-order valence-electron chi connectivity index (χ3n) is 12.7. The van der Waals surface area contributed by atoms with E-state index in [4.69, 9.17) is 19.2 Å². The number of carboxylic acid groups (broad SMARTS) is 1. The molecule has 0 amide bonds. The van der Waals surface area contributed by atoms with E-state index in [1.165, 1.54) is 34.9 Å². The van der Waals surface area contributed by atoms with Gasteiger partial charge in [0.25, 0.3) is 0 Å². The minimum absolute atomic E-state index is 0.254. The number of pyridine rings is 2. The fourth-order valence-corrected chi connectivity index (χ4v) is 8.57. The fourth-order valence-electron chi connectivity index (χ4n) is 8.57. The first-order chi connectivity index (χ1) is 32.2. The predicted octanol–water partition coefficient (Wildman–Crippen LogP) is 11.8. The number of hydrogen-bond donors (Lipinski definition) is 1. The van der Waals surface area contributed by atoms with Crippen molar-refractivity contribution in [3.05, 3.63) is 190 Å². The molecule has 336 valence electrons. The van der Waals surface area contributed by atoms with Crippen molar-refractivity contribution in [3.63, 3.8) is 0 Å². The molecule has 2 aliphatic rings. The van der Waals surface area contributed by atoms with Gasteiger partial charge in [-0.05, 0) is 161 Å². The molecule has 0 unspecified atom stereocenters. The largest absolute Gasteiger partial charge is 0.497 e. The second-order valence-corrected chi connectivity index (χ2v) is 17.6. The van der Waals surface area contributed by atoms with E-state index in [2.05, 4.69) is 106 Å². The molecule has 0 aliphatic heterocycles. The number of fused-ring (bicyclic) bond motifs is 2. The molecule has 0 radical (unpaired) electrons. The maximum atomic E-state index is 12.9. The molecule has 2 fully saturated rings. The Bertz CT molecular complexity index is 2980. The molecule has 4 heterocycles. The zero-order chi connectivity index (χ0) is 45.6. The maximum absolute atomic E-state index is 12.9. The number of carbonyl (C=O) groups excluding carboxylic acids is 1. The van der Waals surface area contributed by atoms with Crippen LogP contribution in [-0.2, 0) is 30.7 Å². The summed E-state index contributed by atoms with van der Waals surface area (Å²) < 4.78 is 20.5. The first kappa shape index (κ1) is 44.0. The van der Waals surface area contributed by atoms with Crippen molar-refractivity contribution < 1.29 is 28.9 Å². The van der Waals surface area contributed by atoms with Crippen molar-refractivity contribution in [1.82, 2.24) is 19.1 Å². The lowest BCUT2D eigenvalue weighted by molar-refractivity contribution is 0.0497. The molecule has 1 N–H and O–H groups in total. The van der Waals surface area contributed by atoms with Crippen molar-refractivity contribution in [2.75, 3.05) is 20.8 Å². The van der Waals surface area contributed by atoms with Gasteiger partial charge in [0, 0.05) is 61.8 Å². The Labute approximate surface area is 385 Å². The second kappa shape index (κ2) is 19.9. The smallest absolute Gasteiger partial charge is 0.340 e. The van der Waals surface area contributed by atoms with Crippen LogP contribution in [0.15, 0.2) is 134 Å². The van der Waals surface area contributed by atoms with Gasteiger partial charge in [-0.25, -0.2) is 9.59 Å². The van der Waals surface area contributed by atoms with Gasteiger partial charge in [0.1, 0.15) is 11.5 Å². The summed E-state index contributed by atoms with van der Waals surface area (Å²) in [5, 5.41) is 12.0. The number of ether oxygens (including phenoxy) is 3. The number of carboxylic acids is 1. The van der Waals surface area contributed by atoms with Gasteiger partial charge in [0.15, 0.2) is 0 Å². The minimum atomic E-state index is -0.906. The molecule has 0 atom stereocenters. The van der Waals surface area contributed by atoms with Crippen LogP contribution >= 0.6 is 0 Å². The third-order valence-corrected chi connectivity index (χ3v) is 12.7. The number of methoxy groups -OCH3 is 2. The molecule has 2 aliphatic carbocycles. The lowest BCUT2D eigenvalue weighted by atomic mass is 10.0. The minimum Gasteiger partial charge on any atom is -0.497 e. The van der Waals surface area contributed by atoms with E-state index < -0.39 is 5.97 Å². The number of unbranched alkanes of at least 4 members (excludes halogenated alkanes) is 1. The second-order valence-electron chi connectivity index (χ2n) is 17.6. The van der Waals surface area contributed by atoms with E-state index in [1.807, 2.05) is 48.8 Å². The summed E-state index contributed by atoms with van der Waals surface area (Å²) in [6.07, 6.45) is 15.6. The van der Waals surface area contributed by atoms with Crippen molar-refractivity contribution >= 4 is 33.7 Å². The fraction of sp³-hybridized carbons (Fsp3) is 0.286. The van der Waals surface area contributed by atoms with Gasteiger partial charge in [-0.15, -0.1) is 0 Å². The van der Waals surface area contributed by atoms with Crippen LogP contribution in [0.3, 0.4) is 0 Å². The summed E-state index contributed by atoms with van der Waals surface area (Å²) in [6, 6.07) is 37.1. The Kier molecular flexibility index (Phi) is 13.3. The van der Waals surface area contributed by atoms with Crippen LogP contribution in [0.1, 0.15) is 123 Å². The lowest BCUT2D eigenvalue weighted by Gasteiger charge is -2.12. The molecule has 0 bridgehead atoms. The number of hydrogen-bond acceptors (Lipinski definition) is 7. The highest BCUT2D eigenvalue weighted by molar-refractivity contribution is 5.91. The van der Waals surface area contributed by atoms with Gasteiger partial charge in [0.05, 0.1) is 43.3 Å². The molecular formula is C56H56N4O6. The van der Waals surface area contributed by atoms with E-state index in [9.17, 15) is 14.7 Å². The summed E-state index contributed by atoms with van der Waals surface area (Å²) in [6.45, 7) is 4.12. The van der Waals surface area contributed by atoms with Gasteiger partial charge in [-0.1, -0.05) is 49.7 Å². The highest BCUT2D eigenvalue weighted by Crippen LogP contribution is 2.41. The SMILES string of the molecule is CCCCOC(=O)c1cc(C2CC2)cnc1Cc1ccc2c(ccn2Cc2ccc(OC)cc2)c1.COc1ccc(Cn2ccc3cc(Cc4ncc(C5CC5)cc4C(=O)O)ccc32)cc1. The van der Waals surface area contributed by atoms with Crippen molar-refractivity contribution in [3.8, 4) is 11.5 Å². The average molecular weight is 881 g/mol. The monoisotopic (exact) mass is 880 g/mol. The number of aromatic carboxylic acids is 1. The number of rotatable bonds is 17. The zero-order valence-electron chi connectivity index (χ0n) is 37.9. The summed E-state index contributed by atoms with van der Waals surface area (Å²) in [5.41, 5.74) is 11.5. The van der Waals surface area contributed by atoms with Crippen LogP contribution in [0.2, 0.25) is 0 Å². The first-order valence-corrected chi connectivity index (χ1v) is 23.0. The highest BCUT2D eigenvalue weighted by atomic mass is 16.5. The highest BCUT2D eigenvalue weighted by Gasteiger charge is 2.27. The van der Waals surface area contributed by atoms with E-state index in [-0.39, 0.29) is 5.97 Å². The molecule has 8 aromatic rings. The molecule has 0 spiro atoms. The Morgan fingerprint density at radius 3 is 1.50 bits per heavy atom. The summed E-state index contributed by atoms with van der Waals surface area (Å²) >= 11 is 0. The van der Waals surface area contributed by atoms with Gasteiger partial charge in [0.2, 0.25) is 0 Å². The predicted molar refractivity (Wildman–Crippen MR) is 258 cm³/mol. The standard InChI is InChI=1S/C30H32N2O3.C26H24N2O3/c1-3-4-15-35-30(33)27-18-25(23-8-9-23)19-31-28(27)17-22-7-12-29-24(16-22)13-14-32(29)20-21-5-10-26(34-2)11-6-21;1-31-22-7-2-17(3-8-22)16-28-11-10-20-12-18(4-9-25(20)28)13-24-23(26(29)30)14-21(15-27-24)19-5-6-19/h5-7,10-14,16,18-19,23H,3-4,8-9,15,17,20H2,1-2H3;2-4,7-12,14-15,19H,5-6,13,16H2,1H3,(H,29,30). The normalized spacial score (nSPS) is 13.3. The number of carbonyl (C=O) groups is 2. The van der Waals surface area contributed by atoms with Crippen LogP contribution in [0, 0.1) is 0 Å². The average Bonchev–Trinajstić information content (AvgIpc) is 4.29. The van der Waals surface area contributed by atoms with E-state index >= 15 is 0 Å². The summed E-state index contributed by atoms with van der Waals surface area (Å²) in [5.74, 6) is 1.59. The Morgan fingerprint density at radius 1 is 0.606 bits per heavy atom. The number of aromatic nitrogens is 4. The first-order valence-electron chi connectivity index (χ1n) is 23.0. The molecule has 10 nitrogen and oxygen atoms in total. The molecule has 10 rings (SSSR count). The molecular weight excluding hydrogens is 825 g/mol. The van der Waals surface area contributed by atoms with Crippen LogP contribution in [0.25, 0.3) is 21.8 Å². The lowest BCUT2D eigenvalue weighted by Crippen LogP contribution is -2.12. The molecule has 10 heteroatoms. The van der Waals surface area contributed by atoms with Crippen molar-refractivity contribution in [1.29, 1.82) is 0 Å². The zero-order valence-corrected chi connectivity index (χ0v) is 37.9. The number of esters is 1.